The third kappa shape index (κ3) is 3.61. The van der Waals surface area contributed by atoms with Crippen molar-refractivity contribution in [1.29, 1.82) is 5.41 Å². The third-order valence-corrected chi connectivity index (χ3v) is 8.06. The molecule has 5 rings (SSSR count). The van der Waals surface area contributed by atoms with E-state index in [1.54, 1.807) is 0 Å². The van der Waals surface area contributed by atoms with Gasteiger partial charge < -0.3 is 42.0 Å². The van der Waals surface area contributed by atoms with Crippen LogP contribution in [0.25, 0.3) is 5.76 Å². The maximum atomic E-state index is 15.2. The number of carbonyl (C=O) groups excluding carboxylic acids is 2. The van der Waals surface area contributed by atoms with Gasteiger partial charge in [0.2, 0.25) is 11.7 Å². The lowest BCUT2D eigenvalue weighted by atomic mass is 9.58. The number of amides is 1. The Balaban J connectivity index is 1.58. The van der Waals surface area contributed by atoms with Crippen LogP contribution in [0.3, 0.4) is 0 Å². The molecular weight excluding hydrogens is 503 g/mol. The molecule has 12 nitrogen and oxygen atoms in total. The minimum absolute atomic E-state index is 0.0208. The van der Waals surface area contributed by atoms with Gasteiger partial charge in [0.1, 0.15) is 22.9 Å². The highest BCUT2D eigenvalue weighted by molar-refractivity contribution is 6.24. The SMILES string of the molecule is N=C1C(C(=O)O)=C(O)[C@@]2(O)C(=O)C3=C(O)c4c(O)c(NC(=O)CN5CCCC5)cc(F)c4C[C@H]3C[C@H]2[C@@H]1N. The second-order valence-corrected chi connectivity index (χ2v) is 10.2. The van der Waals surface area contributed by atoms with Gasteiger partial charge in [0, 0.05) is 23.1 Å². The van der Waals surface area contributed by atoms with Crippen molar-refractivity contribution in [3.05, 3.63) is 39.9 Å². The number of nitrogens with two attached hydrogens (primary N) is 1. The van der Waals surface area contributed by atoms with Crippen molar-refractivity contribution >= 4 is 34.8 Å². The number of hydrogen-bond donors (Lipinski definition) is 8. The number of aliphatic hydroxyl groups excluding tert-OH is 2. The summed E-state index contributed by atoms with van der Waals surface area (Å²) in [6, 6.07) is -0.520. The number of carboxylic acids is 1. The second-order valence-electron chi connectivity index (χ2n) is 10.2. The molecule has 0 spiro atoms. The summed E-state index contributed by atoms with van der Waals surface area (Å²) in [5, 5.41) is 63.9. The largest absolute Gasteiger partial charge is 0.508 e. The van der Waals surface area contributed by atoms with Gasteiger partial charge in [-0.05, 0) is 44.7 Å². The summed E-state index contributed by atoms with van der Waals surface area (Å²) in [5.74, 6) is -9.45. The summed E-state index contributed by atoms with van der Waals surface area (Å²) in [5.41, 5.74) is 0.131. The number of carboxylic acid groups (broad SMARTS) is 1. The quantitative estimate of drug-likeness (QED) is 0.253. The average Bonchev–Trinajstić information content (AvgIpc) is 3.35. The summed E-state index contributed by atoms with van der Waals surface area (Å²) in [6.45, 7) is 1.48. The van der Waals surface area contributed by atoms with Gasteiger partial charge in [-0.1, -0.05) is 0 Å². The maximum Gasteiger partial charge on any atom is 0.341 e. The summed E-state index contributed by atoms with van der Waals surface area (Å²) < 4.78 is 15.2. The molecular formula is C25H27FN4O8. The number of benzene rings is 1. The number of fused-ring (bicyclic) bond motifs is 3. The predicted molar refractivity (Wildman–Crippen MR) is 130 cm³/mol. The summed E-state index contributed by atoms with van der Waals surface area (Å²) >= 11 is 0. The van der Waals surface area contributed by atoms with Gasteiger partial charge >= 0.3 is 5.97 Å². The minimum Gasteiger partial charge on any atom is -0.508 e. The third-order valence-electron chi connectivity index (χ3n) is 8.06. The van der Waals surface area contributed by atoms with Crippen LogP contribution in [0, 0.1) is 23.1 Å². The van der Waals surface area contributed by atoms with Crippen LogP contribution < -0.4 is 11.1 Å². The Labute approximate surface area is 215 Å². The molecule has 9 N–H and O–H groups in total. The Morgan fingerprint density at radius 3 is 2.53 bits per heavy atom. The van der Waals surface area contributed by atoms with E-state index in [1.165, 1.54) is 0 Å². The fraction of sp³-hybridized carbons (Fsp3) is 0.440. The predicted octanol–water partition coefficient (Wildman–Crippen LogP) is 0.584. The van der Waals surface area contributed by atoms with Crippen molar-refractivity contribution in [3.8, 4) is 5.75 Å². The lowest BCUT2D eigenvalue weighted by Crippen LogP contribution is -2.64. The fourth-order valence-electron chi connectivity index (χ4n) is 6.18. The molecule has 1 aromatic rings. The number of phenols is 1. The highest BCUT2D eigenvalue weighted by atomic mass is 19.1. The number of aromatic hydroxyl groups is 1. The summed E-state index contributed by atoms with van der Waals surface area (Å²) in [6.07, 6.45) is 1.49. The van der Waals surface area contributed by atoms with Crippen molar-refractivity contribution in [1.82, 2.24) is 4.90 Å². The van der Waals surface area contributed by atoms with E-state index in [0.29, 0.717) is 0 Å². The number of carbonyl (C=O) groups is 3. The standard InChI is InChI=1S/C25H27FN4O8/c26-12-7-13(29-14(31)8-30-3-1-2-4-30)20(32)16-10(12)5-9-6-11-18(27)19(28)17(24(36)37)23(35)25(11,38)22(34)15(9)21(16)33/h7,9,11,18,28,32-33,35,38H,1-6,8,27H2,(H,29,31)(H,36,37)/t9-,11-,18-,25-/m0/s1. The van der Waals surface area contributed by atoms with Gasteiger partial charge in [-0.2, -0.15) is 0 Å². The molecule has 1 saturated heterocycles. The van der Waals surface area contributed by atoms with Gasteiger partial charge in [-0.3, -0.25) is 14.5 Å². The van der Waals surface area contributed by atoms with Crippen LogP contribution >= 0.6 is 0 Å². The number of rotatable bonds is 4. The van der Waals surface area contributed by atoms with Crippen LogP contribution in [-0.2, 0) is 20.8 Å². The van der Waals surface area contributed by atoms with E-state index in [0.717, 1.165) is 32.0 Å². The molecule has 0 aromatic heterocycles. The van der Waals surface area contributed by atoms with Gasteiger partial charge in [0.25, 0.3) is 0 Å². The number of aliphatic carboxylic acids is 1. The fourth-order valence-corrected chi connectivity index (χ4v) is 6.18. The van der Waals surface area contributed by atoms with Crippen LogP contribution in [0.4, 0.5) is 10.1 Å². The summed E-state index contributed by atoms with van der Waals surface area (Å²) in [7, 11) is 0. The van der Waals surface area contributed by atoms with E-state index < -0.39 is 86.6 Å². The lowest BCUT2D eigenvalue weighted by molar-refractivity contribution is -0.144. The van der Waals surface area contributed by atoms with E-state index >= 15 is 4.39 Å². The number of anilines is 1. The van der Waals surface area contributed by atoms with Gasteiger partial charge in [-0.25, -0.2) is 9.18 Å². The molecule has 13 heteroatoms. The van der Waals surface area contributed by atoms with Crippen molar-refractivity contribution in [3.63, 3.8) is 0 Å². The first kappa shape index (κ1) is 25.8. The Morgan fingerprint density at radius 1 is 1.24 bits per heavy atom. The Bertz CT molecular complexity index is 1370. The maximum absolute atomic E-state index is 15.2. The number of nitrogens with zero attached hydrogens (tertiary/aromatic N) is 1. The average molecular weight is 531 g/mol. The molecule has 1 aromatic carbocycles. The van der Waals surface area contributed by atoms with Crippen LogP contribution in [0.2, 0.25) is 0 Å². The summed E-state index contributed by atoms with van der Waals surface area (Å²) in [4.78, 5) is 39.6. The first-order chi connectivity index (χ1) is 17.9. The number of likely N-dealkylation sites (tertiary alicyclic amines) is 1. The number of ketones is 1. The number of Topliss-reactive ketones (excluding diaryl/α,β-unsaturated/α-hetero) is 1. The minimum atomic E-state index is -2.86. The molecule has 1 heterocycles. The smallest absolute Gasteiger partial charge is 0.341 e. The van der Waals surface area contributed by atoms with Crippen molar-refractivity contribution in [2.75, 3.05) is 25.0 Å². The van der Waals surface area contributed by atoms with Crippen molar-refractivity contribution < 1.29 is 44.3 Å². The number of hydrogen-bond acceptors (Lipinski definition) is 10. The number of nitrogens with one attached hydrogen (secondary N) is 2. The van der Waals surface area contributed by atoms with Crippen molar-refractivity contribution in [2.45, 2.75) is 37.3 Å². The zero-order valence-electron chi connectivity index (χ0n) is 20.1. The first-order valence-electron chi connectivity index (χ1n) is 12.2. The van der Waals surface area contributed by atoms with Crippen molar-refractivity contribution in [2.24, 2.45) is 17.6 Å². The second kappa shape index (κ2) is 8.89. The molecule has 202 valence electrons. The molecule has 4 atom stereocenters. The van der Waals surface area contributed by atoms with Gasteiger partial charge in [-0.15, -0.1) is 0 Å². The highest BCUT2D eigenvalue weighted by Gasteiger charge is 2.62. The zero-order valence-corrected chi connectivity index (χ0v) is 20.1. The lowest BCUT2D eigenvalue weighted by Gasteiger charge is -2.48. The zero-order chi connectivity index (χ0) is 27.7. The molecule has 0 radical (unpaired) electrons. The molecule has 0 unspecified atom stereocenters. The number of halogens is 1. The monoisotopic (exact) mass is 530 g/mol. The van der Waals surface area contributed by atoms with Gasteiger partial charge in [0.05, 0.1) is 29.5 Å². The molecule has 0 bridgehead atoms. The first-order valence-corrected chi connectivity index (χ1v) is 12.2. The highest BCUT2D eigenvalue weighted by Crippen LogP contribution is 2.52. The molecule has 1 amide bonds. The molecule has 3 aliphatic carbocycles. The molecule has 2 fully saturated rings. The molecule has 1 aliphatic heterocycles. The molecule has 38 heavy (non-hydrogen) atoms. The van der Waals surface area contributed by atoms with E-state index in [2.05, 4.69) is 5.32 Å². The van der Waals surface area contributed by atoms with Gasteiger partial charge in [0.15, 0.2) is 11.4 Å². The van der Waals surface area contributed by atoms with E-state index in [9.17, 15) is 39.9 Å². The van der Waals surface area contributed by atoms with Crippen LogP contribution in [0.15, 0.2) is 23.0 Å². The number of phenolic OH excluding ortho intramolecular Hbond substituents is 1. The van der Waals surface area contributed by atoms with Crippen LogP contribution in [0.1, 0.15) is 30.4 Å². The van der Waals surface area contributed by atoms with E-state index in [1.807, 2.05) is 4.90 Å². The van der Waals surface area contributed by atoms with E-state index in [-0.39, 0.29) is 30.6 Å². The van der Waals surface area contributed by atoms with Crippen LogP contribution in [-0.4, -0.2) is 85.1 Å². The Morgan fingerprint density at radius 2 is 1.89 bits per heavy atom. The van der Waals surface area contributed by atoms with Crippen LogP contribution in [0.5, 0.6) is 5.75 Å². The molecule has 4 aliphatic rings. The normalized spacial score (nSPS) is 29.2. The topological polar surface area (TPSA) is 218 Å². The molecule has 1 saturated carbocycles. The van der Waals surface area contributed by atoms with E-state index in [4.69, 9.17) is 11.1 Å². The Kier molecular flexibility index (Phi) is 6.04. The number of aliphatic hydroxyl groups is 3. The Hall–Kier alpha value is -3.81.